The average molecular weight is 369 g/mol. The molecular weight excluding hydrogens is 354 g/mol. The first-order chi connectivity index (χ1) is 11.0. The molecule has 0 spiro atoms. The van der Waals surface area contributed by atoms with Crippen LogP contribution in [0.25, 0.3) is 0 Å². The van der Waals surface area contributed by atoms with Crippen LogP contribution in [0.2, 0.25) is 0 Å². The number of sulfonamides is 1. The monoisotopic (exact) mass is 369 g/mol. The molecule has 2 rings (SSSR count). The summed E-state index contributed by atoms with van der Waals surface area (Å²) in [6.45, 7) is 0. The summed E-state index contributed by atoms with van der Waals surface area (Å²) in [4.78, 5) is 9.78. The van der Waals surface area contributed by atoms with Gasteiger partial charge in [-0.05, 0) is 43.9 Å². The molecule has 5 nitrogen and oxygen atoms in total. The Balaban J connectivity index is 2.18. The SMILES string of the molecule is O=C(O)C1CCC(NS(=O)(=O)c2cc(C(F)(F)F)ccc2F)CC1. The van der Waals surface area contributed by atoms with Gasteiger partial charge in [0.2, 0.25) is 10.0 Å². The van der Waals surface area contributed by atoms with Crippen LogP contribution in [0.5, 0.6) is 0 Å². The van der Waals surface area contributed by atoms with E-state index >= 15 is 0 Å². The van der Waals surface area contributed by atoms with Crippen molar-refractivity contribution in [3.05, 3.63) is 29.6 Å². The molecule has 2 N–H and O–H groups in total. The van der Waals surface area contributed by atoms with E-state index in [1.807, 2.05) is 0 Å². The molecule has 0 bridgehead atoms. The van der Waals surface area contributed by atoms with E-state index in [1.54, 1.807) is 0 Å². The van der Waals surface area contributed by atoms with Gasteiger partial charge < -0.3 is 5.11 Å². The molecule has 134 valence electrons. The minimum Gasteiger partial charge on any atom is -0.481 e. The van der Waals surface area contributed by atoms with Crippen molar-refractivity contribution >= 4 is 16.0 Å². The summed E-state index contributed by atoms with van der Waals surface area (Å²) in [5, 5.41) is 8.88. The molecule has 1 fully saturated rings. The molecule has 1 aromatic rings. The molecule has 0 aliphatic heterocycles. The van der Waals surface area contributed by atoms with Crippen LogP contribution in [-0.2, 0) is 21.0 Å². The lowest BCUT2D eigenvalue weighted by molar-refractivity contribution is -0.143. The summed E-state index contributed by atoms with van der Waals surface area (Å²) in [7, 11) is -4.48. The maximum absolute atomic E-state index is 13.7. The number of alkyl halides is 3. The summed E-state index contributed by atoms with van der Waals surface area (Å²) < 4.78 is 78.3. The van der Waals surface area contributed by atoms with Gasteiger partial charge in [-0.25, -0.2) is 17.5 Å². The third-order valence-electron chi connectivity index (χ3n) is 3.95. The number of benzene rings is 1. The van der Waals surface area contributed by atoms with Crippen LogP contribution < -0.4 is 4.72 Å². The van der Waals surface area contributed by atoms with Crippen molar-refractivity contribution in [3.8, 4) is 0 Å². The van der Waals surface area contributed by atoms with Gasteiger partial charge in [0.25, 0.3) is 0 Å². The second-order valence-electron chi connectivity index (χ2n) is 5.65. The zero-order chi connectivity index (χ0) is 18.1. The standard InChI is InChI=1S/C14H15F4NO4S/c15-11-6-3-9(14(16,17)18)7-12(11)24(22,23)19-10-4-1-8(2-5-10)13(20)21/h3,6-8,10,19H,1-2,4-5H2,(H,20,21). The number of halogens is 4. The van der Waals surface area contributed by atoms with Crippen molar-refractivity contribution in [2.75, 3.05) is 0 Å². The first-order valence-electron chi connectivity index (χ1n) is 7.12. The number of carboxylic acids is 1. The van der Waals surface area contributed by atoms with E-state index < -0.39 is 50.4 Å². The summed E-state index contributed by atoms with van der Waals surface area (Å²) in [6, 6.07) is 0.533. The van der Waals surface area contributed by atoms with Gasteiger partial charge in [-0.2, -0.15) is 13.2 Å². The molecule has 10 heteroatoms. The highest BCUT2D eigenvalue weighted by Gasteiger charge is 2.34. The van der Waals surface area contributed by atoms with Gasteiger partial charge in [0.1, 0.15) is 10.7 Å². The third-order valence-corrected chi connectivity index (χ3v) is 5.48. The van der Waals surface area contributed by atoms with Crippen LogP contribution in [0.4, 0.5) is 17.6 Å². The van der Waals surface area contributed by atoms with E-state index in [2.05, 4.69) is 4.72 Å². The van der Waals surface area contributed by atoms with Gasteiger partial charge >= 0.3 is 12.1 Å². The maximum atomic E-state index is 13.7. The first-order valence-corrected chi connectivity index (χ1v) is 8.61. The summed E-state index contributed by atoms with van der Waals surface area (Å²) in [5.74, 6) is -2.83. The van der Waals surface area contributed by atoms with Gasteiger partial charge in [0.15, 0.2) is 0 Å². The van der Waals surface area contributed by atoms with Crippen molar-refractivity contribution in [1.82, 2.24) is 4.72 Å². The van der Waals surface area contributed by atoms with E-state index in [1.165, 1.54) is 0 Å². The Kier molecular flexibility index (Phi) is 5.19. The van der Waals surface area contributed by atoms with Crippen molar-refractivity contribution in [2.45, 2.75) is 42.8 Å². The van der Waals surface area contributed by atoms with Gasteiger partial charge in [0.05, 0.1) is 11.5 Å². The molecule has 1 aliphatic carbocycles. The number of nitrogens with one attached hydrogen (secondary N) is 1. The molecule has 1 aliphatic rings. The van der Waals surface area contributed by atoms with Gasteiger partial charge in [-0.3, -0.25) is 4.79 Å². The lowest BCUT2D eigenvalue weighted by atomic mass is 9.87. The Labute approximate surface area is 135 Å². The van der Waals surface area contributed by atoms with Crippen molar-refractivity contribution in [1.29, 1.82) is 0 Å². The fourth-order valence-corrected chi connectivity index (χ4v) is 4.04. The Morgan fingerprint density at radius 2 is 1.75 bits per heavy atom. The molecule has 0 amide bonds. The predicted octanol–water partition coefficient (Wildman–Crippen LogP) is 2.77. The van der Waals surface area contributed by atoms with E-state index in [0.717, 1.165) is 0 Å². The van der Waals surface area contributed by atoms with Crippen LogP contribution in [0, 0.1) is 11.7 Å². The zero-order valence-electron chi connectivity index (χ0n) is 12.3. The maximum Gasteiger partial charge on any atom is 0.416 e. The minimum atomic E-state index is -4.79. The molecule has 0 atom stereocenters. The number of carbonyl (C=O) groups is 1. The summed E-state index contributed by atoms with van der Waals surface area (Å²) >= 11 is 0. The number of rotatable bonds is 4. The fourth-order valence-electron chi connectivity index (χ4n) is 2.63. The molecule has 24 heavy (non-hydrogen) atoms. The molecule has 0 radical (unpaired) electrons. The molecule has 0 heterocycles. The van der Waals surface area contributed by atoms with E-state index in [-0.39, 0.29) is 31.7 Å². The zero-order valence-corrected chi connectivity index (χ0v) is 13.1. The number of carboxylic acid groups (broad SMARTS) is 1. The molecule has 0 aromatic heterocycles. The smallest absolute Gasteiger partial charge is 0.416 e. The Morgan fingerprint density at radius 1 is 1.17 bits per heavy atom. The van der Waals surface area contributed by atoms with Crippen LogP contribution in [-0.4, -0.2) is 25.5 Å². The number of aliphatic carboxylic acids is 1. The predicted molar refractivity (Wildman–Crippen MR) is 75.1 cm³/mol. The Morgan fingerprint density at radius 3 is 2.25 bits per heavy atom. The first kappa shape index (κ1) is 18.7. The highest BCUT2D eigenvalue weighted by atomic mass is 32.2. The topological polar surface area (TPSA) is 83.5 Å². The highest BCUT2D eigenvalue weighted by molar-refractivity contribution is 7.89. The highest BCUT2D eigenvalue weighted by Crippen LogP contribution is 2.32. The van der Waals surface area contributed by atoms with Crippen LogP contribution in [0.1, 0.15) is 31.2 Å². The average Bonchev–Trinajstić information content (AvgIpc) is 2.46. The quantitative estimate of drug-likeness (QED) is 0.800. The Hall–Kier alpha value is -1.68. The molecule has 0 saturated heterocycles. The third kappa shape index (κ3) is 4.23. The molecule has 1 saturated carbocycles. The van der Waals surface area contributed by atoms with Crippen molar-refractivity contribution in [2.24, 2.45) is 5.92 Å². The lowest BCUT2D eigenvalue weighted by Gasteiger charge is -2.26. The largest absolute Gasteiger partial charge is 0.481 e. The fraction of sp³-hybridized carbons (Fsp3) is 0.500. The summed E-state index contributed by atoms with van der Waals surface area (Å²) in [5.41, 5.74) is -1.26. The van der Waals surface area contributed by atoms with Crippen LogP contribution in [0.15, 0.2) is 23.1 Å². The number of hydrogen-bond donors (Lipinski definition) is 2. The van der Waals surface area contributed by atoms with Crippen molar-refractivity contribution in [3.63, 3.8) is 0 Å². The molecular formula is C14H15F4NO4S. The van der Waals surface area contributed by atoms with Crippen LogP contribution in [0.3, 0.4) is 0 Å². The van der Waals surface area contributed by atoms with E-state index in [0.29, 0.717) is 12.1 Å². The summed E-state index contributed by atoms with van der Waals surface area (Å²) in [6.07, 6.45) is -3.87. The van der Waals surface area contributed by atoms with Crippen molar-refractivity contribution < 1.29 is 35.9 Å². The number of hydrogen-bond acceptors (Lipinski definition) is 3. The van der Waals surface area contributed by atoms with E-state index in [9.17, 15) is 30.8 Å². The van der Waals surface area contributed by atoms with Gasteiger partial charge in [-0.15, -0.1) is 0 Å². The van der Waals surface area contributed by atoms with Crippen LogP contribution >= 0.6 is 0 Å². The normalized spacial score (nSPS) is 22.3. The second-order valence-corrected chi connectivity index (χ2v) is 7.33. The van der Waals surface area contributed by atoms with Gasteiger partial charge in [-0.1, -0.05) is 0 Å². The second kappa shape index (κ2) is 6.67. The van der Waals surface area contributed by atoms with E-state index in [4.69, 9.17) is 5.11 Å². The van der Waals surface area contributed by atoms with Gasteiger partial charge in [0, 0.05) is 6.04 Å². The molecule has 0 unspecified atom stereocenters. The lowest BCUT2D eigenvalue weighted by Crippen LogP contribution is -2.39. The molecule has 1 aromatic carbocycles. The Bertz CT molecular complexity index is 725. The minimum absolute atomic E-state index is 0.219.